The van der Waals surface area contributed by atoms with E-state index in [9.17, 15) is 4.79 Å². The number of thiophene rings is 1. The van der Waals surface area contributed by atoms with Crippen molar-refractivity contribution in [2.45, 2.75) is 25.2 Å². The molecule has 1 aromatic carbocycles. The van der Waals surface area contributed by atoms with Crippen molar-refractivity contribution < 1.29 is 4.79 Å². The Morgan fingerprint density at radius 2 is 1.96 bits per heavy atom. The Bertz CT molecular complexity index is 1140. The van der Waals surface area contributed by atoms with E-state index in [0.717, 1.165) is 45.0 Å². The van der Waals surface area contributed by atoms with Gasteiger partial charge in [0.25, 0.3) is 5.91 Å². The van der Waals surface area contributed by atoms with Gasteiger partial charge in [0.1, 0.15) is 4.83 Å². The number of benzene rings is 1. The number of aryl methyl sites for hydroxylation is 1. The maximum absolute atomic E-state index is 12.8. The molecule has 0 saturated heterocycles. The van der Waals surface area contributed by atoms with Crippen LogP contribution in [0.1, 0.15) is 33.9 Å². The smallest absolute Gasteiger partial charge is 0.261 e. The number of carbonyl (C=O) groups excluding carboxylic acids is 1. The fourth-order valence-corrected chi connectivity index (χ4v) is 4.69. The van der Waals surface area contributed by atoms with E-state index < -0.39 is 0 Å². The van der Waals surface area contributed by atoms with Crippen LogP contribution in [-0.4, -0.2) is 27.2 Å². The van der Waals surface area contributed by atoms with E-state index in [1.165, 1.54) is 11.3 Å². The van der Waals surface area contributed by atoms with Gasteiger partial charge < -0.3 is 5.32 Å². The van der Waals surface area contributed by atoms with Crippen LogP contribution in [0.4, 0.5) is 0 Å². The van der Waals surface area contributed by atoms with Crippen LogP contribution in [0, 0.1) is 6.92 Å². The van der Waals surface area contributed by atoms with Gasteiger partial charge in [0, 0.05) is 29.2 Å². The molecule has 0 radical (unpaired) electrons. The Kier molecular flexibility index (Phi) is 4.02. The van der Waals surface area contributed by atoms with Crippen molar-refractivity contribution in [2.75, 3.05) is 6.54 Å². The highest BCUT2D eigenvalue weighted by atomic mass is 32.1. The van der Waals surface area contributed by atoms with Crippen molar-refractivity contribution in [3.63, 3.8) is 0 Å². The van der Waals surface area contributed by atoms with E-state index in [-0.39, 0.29) is 11.3 Å². The summed E-state index contributed by atoms with van der Waals surface area (Å²) in [6.07, 6.45) is 3.96. The summed E-state index contributed by atoms with van der Waals surface area (Å²) in [7, 11) is 0. The van der Waals surface area contributed by atoms with E-state index in [1.54, 1.807) is 0 Å². The van der Waals surface area contributed by atoms with Crippen molar-refractivity contribution in [1.82, 2.24) is 20.1 Å². The number of hydrogen-bond donors (Lipinski definition) is 1. The number of aromatic nitrogens is 3. The maximum Gasteiger partial charge on any atom is 0.261 e. The summed E-state index contributed by atoms with van der Waals surface area (Å²) < 4.78 is 1.92. The molecule has 1 N–H and O–H groups in total. The molecule has 3 aromatic heterocycles. The number of nitrogens with zero attached hydrogens (tertiary/aromatic N) is 3. The van der Waals surface area contributed by atoms with Gasteiger partial charge in [-0.25, -0.2) is 4.68 Å². The van der Waals surface area contributed by atoms with Crippen LogP contribution in [0.15, 0.2) is 60.8 Å². The van der Waals surface area contributed by atoms with Gasteiger partial charge in [0.05, 0.1) is 16.3 Å². The lowest BCUT2D eigenvalue weighted by Gasteiger charge is -2.15. The minimum absolute atomic E-state index is 0.00432. The van der Waals surface area contributed by atoms with Crippen molar-refractivity contribution in [1.29, 1.82) is 0 Å². The predicted octanol–water partition coefficient (Wildman–Crippen LogP) is 4.25. The Labute approximate surface area is 167 Å². The fourth-order valence-electron chi connectivity index (χ4n) is 3.59. The summed E-state index contributed by atoms with van der Waals surface area (Å²) in [6.45, 7) is 2.61. The first-order valence-electron chi connectivity index (χ1n) is 9.41. The lowest BCUT2D eigenvalue weighted by molar-refractivity contribution is 0.0953. The van der Waals surface area contributed by atoms with Crippen LogP contribution < -0.4 is 5.32 Å². The monoisotopic (exact) mass is 388 g/mol. The average molecular weight is 388 g/mol. The lowest BCUT2D eigenvalue weighted by Crippen LogP contribution is -2.32. The molecule has 1 fully saturated rings. The molecular weight excluding hydrogens is 368 g/mol. The SMILES string of the molecule is Cc1nn(-c2ccccc2)c2sc(C(=O)NCC3(c4ccccn4)CC3)cc12. The first-order chi connectivity index (χ1) is 13.7. The minimum atomic E-state index is -0.0255. The molecule has 3 heterocycles. The Hall–Kier alpha value is -2.99. The molecule has 0 unspecified atom stereocenters. The van der Waals surface area contributed by atoms with Crippen molar-refractivity contribution in [3.8, 4) is 5.69 Å². The molecule has 4 aromatic rings. The van der Waals surface area contributed by atoms with Crippen LogP contribution in [0.25, 0.3) is 15.9 Å². The number of fused-ring (bicyclic) bond motifs is 1. The Morgan fingerprint density at radius 1 is 1.18 bits per heavy atom. The summed E-state index contributed by atoms with van der Waals surface area (Å²) in [5, 5.41) is 8.81. The van der Waals surface area contributed by atoms with Crippen LogP contribution in [0.5, 0.6) is 0 Å². The van der Waals surface area contributed by atoms with Gasteiger partial charge in [0.2, 0.25) is 0 Å². The molecule has 0 atom stereocenters. The van der Waals surface area contributed by atoms with Gasteiger partial charge in [-0.05, 0) is 50.1 Å². The molecule has 6 heteroatoms. The molecule has 1 aliphatic carbocycles. The largest absolute Gasteiger partial charge is 0.350 e. The van der Waals surface area contributed by atoms with E-state index in [2.05, 4.69) is 21.5 Å². The summed E-state index contributed by atoms with van der Waals surface area (Å²) in [6, 6.07) is 18.0. The maximum atomic E-state index is 12.8. The number of carbonyl (C=O) groups is 1. The number of amides is 1. The highest BCUT2D eigenvalue weighted by Gasteiger charge is 2.45. The van der Waals surface area contributed by atoms with Gasteiger partial charge in [0.15, 0.2) is 0 Å². The lowest BCUT2D eigenvalue weighted by atomic mass is 10.0. The van der Waals surface area contributed by atoms with Gasteiger partial charge in [-0.1, -0.05) is 24.3 Å². The van der Waals surface area contributed by atoms with Crippen molar-refractivity contribution in [2.24, 2.45) is 0 Å². The van der Waals surface area contributed by atoms with Gasteiger partial charge in [-0.2, -0.15) is 5.10 Å². The van der Waals surface area contributed by atoms with Crippen LogP contribution >= 0.6 is 11.3 Å². The molecule has 140 valence electrons. The summed E-state index contributed by atoms with van der Waals surface area (Å²) >= 11 is 1.49. The third-order valence-corrected chi connectivity index (χ3v) is 6.53. The molecule has 0 aliphatic heterocycles. The fraction of sp³-hybridized carbons (Fsp3) is 0.227. The topological polar surface area (TPSA) is 59.8 Å². The minimum Gasteiger partial charge on any atom is -0.350 e. The zero-order valence-electron chi connectivity index (χ0n) is 15.6. The van der Waals surface area contributed by atoms with Gasteiger partial charge in [-0.3, -0.25) is 9.78 Å². The second-order valence-electron chi connectivity index (χ2n) is 7.34. The molecule has 1 aliphatic rings. The van der Waals surface area contributed by atoms with Crippen LogP contribution in [0.3, 0.4) is 0 Å². The van der Waals surface area contributed by atoms with Crippen molar-refractivity contribution >= 4 is 27.5 Å². The number of hydrogen-bond acceptors (Lipinski definition) is 4. The van der Waals surface area contributed by atoms with Crippen molar-refractivity contribution in [3.05, 3.63) is 77.1 Å². The first-order valence-corrected chi connectivity index (χ1v) is 10.2. The van der Waals surface area contributed by atoms with E-state index in [1.807, 2.05) is 66.3 Å². The van der Waals surface area contributed by atoms with E-state index in [4.69, 9.17) is 0 Å². The molecule has 5 nitrogen and oxygen atoms in total. The predicted molar refractivity (Wildman–Crippen MR) is 111 cm³/mol. The Morgan fingerprint density at radius 3 is 2.68 bits per heavy atom. The summed E-state index contributed by atoms with van der Waals surface area (Å²) in [4.78, 5) is 19.0. The highest BCUT2D eigenvalue weighted by molar-refractivity contribution is 7.20. The highest BCUT2D eigenvalue weighted by Crippen LogP contribution is 2.46. The van der Waals surface area contributed by atoms with Crippen LogP contribution in [0.2, 0.25) is 0 Å². The number of pyridine rings is 1. The molecule has 0 bridgehead atoms. The van der Waals surface area contributed by atoms with Gasteiger partial charge in [-0.15, -0.1) is 11.3 Å². The summed E-state index contributed by atoms with van der Waals surface area (Å²) in [5.41, 5.74) is 3.01. The first kappa shape index (κ1) is 17.1. The molecular formula is C22H20N4OS. The molecule has 1 amide bonds. The second-order valence-corrected chi connectivity index (χ2v) is 8.37. The third-order valence-electron chi connectivity index (χ3n) is 5.42. The van der Waals surface area contributed by atoms with E-state index in [0.29, 0.717) is 6.54 Å². The summed E-state index contributed by atoms with van der Waals surface area (Å²) in [5.74, 6) is -0.0255. The standard InChI is InChI=1S/C22H20N4OS/c1-15-17-13-18(28-21(17)26(25-15)16-7-3-2-4-8-16)20(27)24-14-22(10-11-22)19-9-5-6-12-23-19/h2-9,12-13H,10-11,14H2,1H3,(H,24,27). The number of rotatable bonds is 5. The number of para-hydroxylation sites is 1. The second kappa shape index (κ2) is 6.56. The molecule has 28 heavy (non-hydrogen) atoms. The zero-order valence-corrected chi connectivity index (χ0v) is 16.4. The van der Waals surface area contributed by atoms with E-state index >= 15 is 0 Å². The number of nitrogens with one attached hydrogen (secondary N) is 1. The molecule has 1 saturated carbocycles. The Balaban J connectivity index is 1.39. The van der Waals surface area contributed by atoms with Crippen LogP contribution in [-0.2, 0) is 5.41 Å². The zero-order chi connectivity index (χ0) is 19.1. The average Bonchev–Trinajstić information content (AvgIpc) is 3.30. The quantitative estimate of drug-likeness (QED) is 0.556. The molecule has 5 rings (SSSR count). The van der Waals surface area contributed by atoms with Gasteiger partial charge >= 0.3 is 0 Å². The third kappa shape index (κ3) is 2.90. The molecule has 0 spiro atoms. The normalized spacial score (nSPS) is 14.9.